The largest absolute Gasteiger partial charge is 0.462 e. The Morgan fingerprint density at radius 1 is 0.550 bits per heavy atom. The molecule has 0 radical (unpaired) electrons. The van der Waals surface area contributed by atoms with Gasteiger partial charge in [-0.2, -0.15) is 0 Å². The molecule has 7 N–H and O–H groups in total. The molecule has 11 atom stereocenters. The number of rotatable bonds is 30. The first-order chi connectivity index (χ1) is 29.0. The summed E-state index contributed by atoms with van der Waals surface area (Å²) >= 11 is 0. The maximum absolute atomic E-state index is 12.9. The van der Waals surface area contributed by atoms with Crippen LogP contribution in [0.5, 0.6) is 0 Å². The molecule has 0 aromatic carbocycles. The average molecular weight is 853 g/mol. The fraction of sp³-hybridized carbons (Fsp3) is 0.689. The van der Waals surface area contributed by atoms with Gasteiger partial charge in [-0.25, -0.2) is 0 Å². The van der Waals surface area contributed by atoms with Crippen molar-refractivity contribution < 1.29 is 73.8 Å². The number of hydrogen-bond donors (Lipinski definition) is 7. The van der Waals surface area contributed by atoms with E-state index >= 15 is 0 Å². The fourth-order valence-electron chi connectivity index (χ4n) is 6.14. The molecule has 0 amide bonds. The van der Waals surface area contributed by atoms with E-state index in [2.05, 4.69) is 44.2 Å². The topological polar surface area (TPSA) is 231 Å². The molecular weight excluding hydrogens is 780 g/mol. The lowest BCUT2D eigenvalue weighted by Gasteiger charge is -2.42. The monoisotopic (exact) mass is 852 g/mol. The van der Waals surface area contributed by atoms with Crippen LogP contribution in [0.25, 0.3) is 0 Å². The minimum Gasteiger partial charge on any atom is -0.462 e. The summed E-state index contributed by atoms with van der Waals surface area (Å²) in [4.78, 5) is 25.5. The molecule has 2 heterocycles. The molecule has 2 saturated heterocycles. The highest BCUT2D eigenvalue weighted by Crippen LogP contribution is 2.26. The number of carbonyl (C=O) groups is 2. The highest BCUT2D eigenvalue weighted by atomic mass is 16.7. The van der Waals surface area contributed by atoms with Crippen molar-refractivity contribution in [2.75, 3.05) is 26.4 Å². The summed E-state index contributed by atoms with van der Waals surface area (Å²) in [5, 5.41) is 71.7. The molecule has 0 bridgehead atoms. The molecule has 15 nitrogen and oxygen atoms in total. The van der Waals surface area contributed by atoms with Gasteiger partial charge in [-0.1, -0.05) is 112 Å². The van der Waals surface area contributed by atoms with Crippen LogP contribution in [0, 0.1) is 0 Å². The van der Waals surface area contributed by atoms with Gasteiger partial charge in [-0.3, -0.25) is 9.59 Å². The second-order valence-electron chi connectivity index (χ2n) is 14.9. The third-order valence-corrected chi connectivity index (χ3v) is 9.79. The highest BCUT2D eigenvalue weighted by Gasteiger charge is 2.47. The second kappa shape index (κ2) is 32.6. The van der Waals surface area contributed by atoms with Gasteiger partial charge in [-0.05, 0) is 51.4 Å². The maximum Gasteiger partial charge on any atom is 0.306 e. The van der Waals surface area contributed by atoms with Crippen LogP contribution in [0.4, 0.5) is 0 Å². The SMILES string of the molecule is CC/C=C/C=C/C=C/C=C/CCCCCC(=O)OC(COC(=O)CCCCC/C=C/C=C/CCCC)CO[C@@H]1O[C@H](CO[C@@H]2O[C@H](CO)[C@H](O)C(O)C2O)[C@H](O)C(O)C1O. The fourth-order valence-corrected chi connectivity index (χ4v) is 6.14. The van der Waals surface area contributed by atoms with E-state index in [9.17, 15) is 45.3 Å². The van der Waals surface area contributed by atoms with E-state index in [-0.39, 0.29) is 19.4 Å². The van der Waals surface area contributed by atoms with Gasteiger partial charge >= 0.3 is 11.9 Å². The Balaban J connectivity index is 1.92. The van der Waals surface area contributed by atoms with Crippen molar-refractivity contribution in [3.63, 3.8) is 0 Å². The van der Waals surface area contributed by atoms with Crippen LogP contribution in [-0.2, 0) is 38.0 Å². The average Bonchev–Trinajstić information content (AvgIpc) is 3.24. The minimum absolute atomic E-state index is 0.109. The predicted octanol–water partition coefficient (Wildman–Crippen LogP) is 3.92. The number of aliphatic hydroxyl groups is 7. The summed E-state index contributed by atoms with van der Waals surface area (Å²) in [5.41, 5.74) is 0. The van der Waals surface area contributed by atoms with Crippen molar-refractivity contribution >= 4 is 11.9 Å². The Bertz CT molecular complexity index is 1330. The molecule has 0 aromatic heterocycles. The highest BCUT2D eigenvalue weighted by molar-refractivity contribution is 5.70. The number of hydrogen-bond acceptors (Lipinski definition) is 15. The van der Waals surface area contributed by atoms with Gasteiger partial charge in [0.15, 0.2) is 18.7 Å². The van der Waals surface area contributed by atoms with Crippen LogP contribution >= 0.6 is 0 Å². The predicted molar refractivity (Wildman–Crippen MR) is 224 cm³/mol. The van der Waals surface area contributed by atoms with Crippen LogP contribution in [0.2, 0.25) is 0 Å². The van der Waals surface area contributed by atoms with Crippen molar-refractivity contribution in [3.8, 4) is 0 Å². The molecule has 2 aliphatic rings. The van der Waals surface area contributed by atoms with Crippen LogP contribution in [0.3, 0.4) is 0 Å². The smallest absolute Gasteiger partial charge is 0.306 e. The Morgan fingerprint density at radius 3 is 1.63 bits per heavy atom. The van der Waals surface area contributed by atoms with Gasteiger partial charge in [0.2, 0.25) is 0 Å². The molecule has 0 aliphatic carbocycles. The first kappa shape index (κ1) is 53.1. The number of carbonyl (C=O) groups excluding carboxylic acids is 2. The van der Waals surface area contributed by atoms with E-state index in [0.717, 1.165) is 51.4 Å². The first-order valence-electron chi connectivity index (χ1n) is 21.6. The molecule has 15 heteroatoms. The number of ether oxygens (including phenoxy) is 6. The van der Waals surface area contributed by atoms with Gasteiger partial charge in [0.25, 0.3) is 0 Å². The van der Waals surface area contributed by atoms with Gasteiger partial charge in [-0.15, -0.1) is 0 Å². The van der Waals surface area contributed by atoms with Gasteiger partial charge in [0.05, 0.1) is 19.8 Å². The van der Waals surface area contributed by atoms with E-state index < -0.39 is 99.3 Å². The molecule has 2 aliphatic heterocycles. The van der Waals surface area contributed by atoms with E-state index in [1.54, 1.807) is 0 Å². The Hall–Kier alpha value is -3.06. The number of aliphatic hydroxyl groups excluding tert-OH is 7. The summed E-state index contributed by atoms with van der Waals surface area (Å²) in [7, 11) is 0. The van der Waals surface area contributed by atoms with E-state index in [0.29, 0.717) is 12.8 Å². The van der Waals surface area contributed by atoms with Gasteiger partial charge in [0.1, 0.15) is 55.4 Å². The third-order valence-electron chi connectivity index (χ3n) is 9.79. The molecule has 2 rings (SSSR count). The molecule has 342 valence electrons. The number of esters is 2. The Morgan fingerprint density at radius 2 is 1.05 bits per heavy atom. The minimum atomic E-state index is -1.78. The van der Waals surface area contributed by atoms with Gasteiger partial charge in [0, 0.05) is 12.8 Å². The van der Waals surface area contributed by atoms with Crippen LogP contribution < -0.4 is 0 Å². The van der Waals surface area contributed by atoms with Crippen LogP contribution in [-0.4, -0.2) is 142 Å². The molecule has 60 heavy (non-hydrogen) atoms. The van der Waals surface area contributed by atoms with Crippen LogP contribution in [0.15, 0.2) is 72.9 Å². The molecule has 2 fully saturated rings. The van der Waals surface area contributed by atoms with Crippen molar-refractivity contribution in [1.29, 1.82) is 0 Å². The van der Waals surface area contributed by atoms with Crippen molar-refractivity contribution in [2.24, 2.45) is 0 Å². The summed E-state index contributed by atoms with van der Waals surface area (Å²) in [6.45, 7) is 2.26. The lowest BCUT2D eigenvalue weighted by Crippen LogP contribution is -2.61. The Kier molecular flexibility index (Phi) is 28.9. The summed E-state index contributed by atoms with van der Waals surface area (Å²) in [6, 6.07) is 0. The van der Waals surface area contributed by atoms with Gasteiger partial charge < -0.3 is 64.2 Å². The Labute approximate surface area is 355 Å². The standard InChI is InChI=1S/C45H72O15/c1-3-5-7-9-11-13-15-16-18-20-22-24-26-28-37(48)58-33(30-55-36(47)27-25-23-21-19-17-14-12-10-8-6-4-2)31-56-44-43(54)41(52)39(50)35(60-44)32-57-45-42(53)40(51)38(49)34(29-46)59-45/h5,7,9-18,33-35,38-46,49-54H,3-4,6,8,19-32H2,1-2H3/b7-5+,11-9+,12-10+,15-13+,17-14+,18-16+/t33?,34-,35-,38+,39+,40?,41?,42?,43?,44-,45-/m1/s1. The summed E-state index contributed by atoms with van der Waals surface area (Å²) in [6.07, 6.45) is 18.2. The maximum atomic E-state index is 12.9. The zero-order chi connectivity index (χ0) is 44.0. The normalized spacial score (nSPS) is 28.3. The summed E-state index contributed by atoms with van der Waals surface area (Å²) < 4.78 is 33.3. The molecule has 0 spiro atoms. The third kappa shape index (κ3) is 21.6. The first-order valence-corrected chi connectivity index (χ1v) is 21.6. The zero-order valence-electron chi connectivity index (χ0n) is 35.4. The second-order valence-corrected chi connectivity index (χ2v) is 14.9. The van der Waals surface area contributed by atoms with Crippen molar-refractivity contribution in [1.82, 2.24) is 0 Å². The van der Waals surface area contributed by atoms with Crippen molar-refractivity contribution in [2.45, 2.75) is 171 Å². The van der Waals surface area contributed by atoms with Crippen molar-refractivity contribution in [3.05, 3.63) is 72.9 Å². The lowest BCUT2D eigenvalue weighted by atomic mass is 9.98. The van der Waals surface area contributed by atoms with E-state index in [1.807, 2.05) is 42.5 Å². The number of unbranched alkanes of at least 4 members (excludes halogenated alkanes) is 8. The zero-order valence-corrected chi connectivity index (χ0v) is 35.4. The number of allylic oxidation sites excluding steroid dienone is 12. The molecule has 0 aromatic rings. The van der Waals surface area contributed by atoms with E-state index in [1.165, 1.54) is 12.8 Å². The molecule has 5 unspecified atom stereocenters. The van der Waals surface area contributed by atoms with Crippen LogP contribution in [0.1, 0.15) is 104 Å². The van der Waals surface area contributed by atoms with E-state index in [4.69, 9.17) is 28.4 Å². The lowest BCUT2D eigenvalue weighted by molar-refractivity contribution is -0.332. The summed E-state index contributed by atoms with van der Waals surface area (Å²) in [5.74, 6) is -1.02. The molecule has 0 saturated carbocycles. The quantitative estimate of drug-likeness (QED) is 0.0309. The molecular formula is C45H72O15.